The molecule has 1 aromatic heterocycles. The summed E-state index contributed by atoms with van der Waals surface area (Å²) in [7, 11) is 0. The fourth-order valence-corrected chi connectivity index (χ4v) is 3.74. The maximum Gasteiger partial charge on any atom is 0.394 e. The van der Waals surface area contributed by atoms with Crippen molar-refractivity contribution < 1.29 is 23.8 Å². The molecular formula is C22H18ClNO6. The van der Waals surface area contributed by atoms with Crippen LogP contribution in [0.5, 0.6) is 5.75 Å². The molecule has 0 aliphatic carbocycles. The van der Waals surface area contributed by atoms with Gasteiger partial charge < -0.3 is 19.2 Å². The van der Waals surface area contributed by atoms with Crippen LogP contribution in [0, 0.1) is 6.92 Å². The minimum atomic E-state index is -1.48. The number of nitrogens with zero attached hydrogens (tertiary/aromatic N) is 1. The summed E-state index contributed by atoms with van der Waals surface area (Å²) in [6.07, 6.45) is 0.129. The molecule has 1 aliphatic heterocycles. The predicted octanol–water partition coefficient (Wildman–Crippen LogP) is 3.49. The highest BCUT2D eigenvalue weighted by Gasteiger charge is 2.31. The highest BCUT2D eigenvalue weighted by Crippen LogP contribution is 2.34. The van der Waals surface area contributed by atoms with Gasteiger partial charge in [0, 0.05) is 19.0 Å². The number of likely N-dealkylation sites (tertiary alicyclic amines) is 1. The number of hydrogen-bond acceptors (Lipinski definition) is 5. The summed E-state index contributed by atoms with van der Waals surface area (Å²) in [6.45, 7) is 2.38. The van der Waals surface area contributed by atoms with Gasteiger partial charge in [0.1, 0.15) is 17.6 Å². The van der Waals surface area contributed by atoms with Crippen LogP contribution in [0.25, 0.3) is 22.3 Å². The highest BCUT2D eigenvalue weighted by atomic mass is 35.5. The fourth-order valence-electron chi connectivity index (χ4n) is 3.53. The first-order chi connectivity index (χ1) is 14.3. The van der Waals surface area contributed by atoms with Gasteiger partial charge in [-0.3, -0.25) is 9.59 Å². The third-order valence-corrected chi connectivity index (χ3v) is 5.32. The number of carbonyl (C=O) groups is 2. The van der Waals surface area contributed by atoms with E-state index in [1.165, 1.54) is 11.0 Å². The molecule has 30 heavy (non-hydrogen) atoms. The number of aliphatic carboxylic acids is 1. The normalized spacial score (nSPS) is 16.1. The first-order valence-electron chi connectivity index (χ1n) is 9.35. The first kappa shape index (κ1) is 20.0. The maximum atomic E-state index is 12.6. The molecular weight excluding hydrogens is 410 g/mol. The zero-order chi connectivity index (χ0) is 21.4. The molecule has 1 N–H and O–H groups in total. The van der Waals surface area contributed by atoms with E-state index in [0.29, 0.717) is 46.0 Å². The molecule has 7 nitrogen and oxygen atoms in total. The lowest BCUT2D eigenvalue weighted by Gasteiger charge is -2.18. The van der Waals surface area contributed by atoms with Crippen LogP contribution < -0.4 is 10.2 Å². The summed E-state index contributed by atoms with van der Waals surface area (Å²) in [5.74, 6) is -1.63. The summed E-state index contributed by atoms with van der Waals surface area (Å²) in [5.41, 5.74) is 1.58. The monoisotopic (exact) mass is 427 g/mol. The molecule has 1 amide bonds. The van der Waals surface area contributed by atoms with Crippen LogP contribution >= 0.6 is 11.6 Å². The number of hydrogen-bond donors (Lipinski definition) is 1. The molecule has 0 radical (unpaired) electrons. The average molecular weight is 428 g/mol. The molecule has 1 aliphatic rings. The van der Waals surface area contributed by atoms with Crippen molar-refractivity contribution in [3.8, 4) is 17.1 Å². The van der Waals surface area contributed by atoms with Gasteiger partial charge in [0.05, 0.1) is 22.5 Å². The van der Waals surface area contributed by atoms with E-state index in [2.05, 4.69) is 0 Å². The number of rotatable bonds is 3. The van der Waals surface area contributed by atoms with Gasteiger partial charge in [0.25, 0.3) is 0 Å². The first-order valence-corrected chi connectivity index (χ1v) is 9.73. The Kier molecular flexibility index (Phi) is 5.22. The Morgan fingerprint density at radius 1 is 1.23 bits per heavy atom. The van der Waals surface area contributed by atoms with Crippen LogP contribution in [-0.4, -0.2) is 41.1 Å². The third-order valence-electron chi connectivity index (χ3n) is 5.02. The molecule has 3 aromatic rings. The van der Waals surface area contributed by atoms with Crippen molar-refractivity contribution in [1.82, 2.24) is 4.90 Å². The predicted molar refractivity (Wildman–Crippen MR) is 111 cm³/mol. The smallest absolute Gasteiger partial charge is 0.394 e. The highest BCUT2D eigenvalue weighted by molar-refractivity contribution is 6.34. The summed E-state index contributed by atoms with van der Waals surface area (Å²) in [4.78, 5) is 36.4. The topological polar surface area (TPSA) is 97.0 Å². The number of para-hydroxylation sites is 1. The molecule has 154 valence electrons. The van der Waals surface area contributed by atoms with Crippen LogP contribution in [0.3, 0.4) is 0 Å². The minimum absolute atomic E-state index is 0.173. The van der Waals surface area contributed by atoms with E-state index in [1.807, 2.05) is 19.1 Å². The van der Waals surface area contributed by atoms with Gasteiger partial charge in [-0.15, -0.1) is 0 Å². The number of carboxylic acids is 1. The molecule has 8 heteroatoms. The summed E-state index contributed by atoms with van der Waals surface area (Å²) in [6, 6.07) is 11.9. The number of amides is 1. The number of carboxylic acid groups (broad SMARTS) is 1. The Balaban J connectivity index is 1.69. The van der Waals surface area contributed by atoms with Gasteiger partial charge in [-0.25, -0.2) is 4.79 Å². The van der Waals surface area contributed by atoms with E-state index in [1.54, 1.807) is 24.3 Å². The number of ether oxygens (including phenoxy) is 1. The summed E-state index contributed by atoms with van der Waals surface area (Å²) >= 11 is 6.21. The molecule has 0 unspecified atom stereocenters. The van der Waals surface area contributed by atoms with Gasteiger partial charge >= 0.3 is 11.9 Å². The average Bonchev–Trinajstić information content (AvgIpc) is 3.16. The largest absolute Gasteiger partial charge is 0.488 e. The van der Waals surface area contributed by atoms with Gasteiger partial charge in [-0.05, 0) is 36.8 Å². The van der Waals surface area contributed by atoms with Gasteiger partial charge in [0.15, 0.2) is 11.0 Å². The molecule has 0 bridgehead atoms. The number of carbonyl (C=O) groups excluding carboxylic acids is 1. The van der Waals surface area contributed by atoms with E-state index in [0.717, 1.165) is 5.56 Å². The van der Waals surface area contributed by atoms with Crippen molar-refractivity contribution in [1.29, 1.82) is 0 Å². The standard InChI is InChI=1S/C22H18ClNO6/c1-12-5-6-15(19-10-17(25)14-3-2-4-16(23)20(14)30-19)18(9-12)29-13-7-8-24(11-13)21(26)22(27)28/h2-6,9-10,13H,7-8,11H2,1H3,(H,27,28)/t13-/m0/s1. The maximum absolute atomic E-state index is 12.6. The molecule has 2 aromatic carbocycles. The SMILES string of the molecule is Cc1ccc(-c2cc(=O)c3cccc(Cl)c3o2)c(O[C@H]2CCN(C(=O)C(=O)O)C2)c1. The van der Waals surface area contributed by atoms with E-state index in [9.17, 15) is 14.4 Å². The van der Waals surface area contributed by atoms with E-state index in [-0.39, 0.29) is 18.1 Å². The zero-order valence-electron chi connectivity index (χ0n) is 16.1. The van der Waals surface area contributed by atoms with Crippen LogP contribution in [0.2, 0.25) is 5.02 Å². The van der Waals surface area contributed by atoms with Crippen molar-refractivity contribution in [3.05, 3.63) is 63.3 Å². The lowest BCUT2D eigenvalue weighted by Crippen LogP contribution is -2.35. The Morgan fingerprint density at radius 2 is 2.03 bits per heavy atom. The Labute approximate surface area is 176 Å². The fraction of sp³-hybridized carbons (Fsp3) is 0.227. The minimum Gasteiger partial charge on any atom is -0.488 e. The number of fused-ring (bicyclic) bond motifs is 1. The third kappa shape index (κ3) is 3.76. The molecule has 0 spiro atoms. The Morgan fingerprint density at radius 3 is 2.80 bits per heavy atom. The van der Waals surface area contributed by atoms with Crippen molar-refractivity contribution >= 4 is 34.4 Å². The summed E-state index contributed by atoms with van der Waals surface area (Å²) in [5, 5.41) is 9.62. The zero-order valence-corrected chi connectivity index (χ0v) is 16.8. The number of aryl methyl sites for hydroxylation is 1. The molecule has 1 atom stereocenters. The lowest BCUT2D eigenvalue weighted by atomic mass is 10.1. The van der Waals surface area contributed by atoms with Crippen molar-refractivity contribution in [2.75, 3.05) is 13.1 Å². The van der Waals surface area contributed by atoms with Crippen molar-refractivity contribution in [2.24, 2.45) is 0 Å². The van der Waals surface area contributed by atoms with Crippen LogP contribution in [0.15, 0.2) is 51.7 Å². The van der Waals surface area contributed by atoms with E-state index >= 15 is 0 Å². The van der Waals surface area contributed by atoms with Crippen LogP contribution in [0.4, 0.5) is 0 Å². The molecule has 0 saturated carbocycles. The molecule has 1 saturated heterocycles. The molecule has 4 rings (SSSR count). The quantitative estimate of drug-likeness (QED) is 0.643. The second-order valence-electron chi connectivity index (χ2n) is 7.18. The Bertz CT molecular complexity index is 1220. The lowest BCUT2D eigenvalue weighted by molar-refractivity contribution is -0.155. The van der Waals surface area contributed by atoms with Gasteiger partial charge in [-0.1, -0.05) is 23.7 Å². The Hall–Kier alpha value is -3.32. The van der Waals surface area contributed by atoms with Crippen molar-refractivity contribution in [2.45, 2.75) is 19.4 Å². The molecule has 1 fully saturated rings. The van der Waals surface area contributed by atoms with Crippen LogP contribution in [-0.2, 0) is 9.59 Å². The van der Waals surface area contributed by atoms with E-state index < -0.39 is 11.9 Å². The molecule has 2 heterocycles. The number of benzene rings is 2. The van der Waals surface area contributed by atoms with Crippen molar-refractivity contribution in [3.63, 3.8) is 0 Å². The number of halogens is 1. The van der Waals surface area contributed by atoms with Gasteiger partial charge in [-0.2, -0.15) is 0 Å². The summed E-state index contributed by atoms with van der Waals surface area (Å²) < 4.78 is 12.0. The van der Waals surface area contributed by atoms with Gasteiger partial charge in [0.2, 0.25) is 0 Å². The van der Waals surface area contributed by atoms with Crippen LogP contribution in [0.1, 0.15) is 12.0 Å². The second-order valence-corrected chi connectivity index (χ2v) is 7.58. The second kappa shape index (κ2) is 7.84. The van der Waals surface area contributed by atoms with E-state index in [4.69, 9.17) is 25.9 Å².